The van der Waals surface area contributed by atoms with Gasteiger partial charge >= 0.3 is 22.4 Å². The minimum atomic E-state index is 0. The second-order valence-electron chi connectivity index (χ2n) is 28.7. The van der Waals surface area contributed by atoms with Crippen molar-refractivity contribution in [3.05, 3.63) is 101 Å². The summed E-state index contributed by atoms with van der Waals surface area (Å²) in [6, 6.07) is 18.2. The molecule has 2 rings (SSSR count). The molecule has 0 fully saturated rings. The zero-order valence-corrected chi connectivity index (χ0v) is 64.9. The first kappa shape index (κ1) is 92.9. The fourth-order valence-corrected chi connectivity index (χ4v) is 13.5. The van der Waals surface area contributed by atoms with Gasteiger partial charge in [0.1, 0.15) is 0 Å². The first-order valence-corrected chi connectivity index (χ1v) is 42.0. The molecule has 2 aromatic carbocycles. The SMILES string of the molecule is CCCCCCc1ccc(C(=C(CCCC)C(=C=[N+]=[N-])CCCC)c2ccc(CC)cc2)cc1.[CH2-]CCCCCCCCCCCCCCCCCCCCCCCCCCCC.[CH2-]CCCCCCCCCCCCCCCCCCCCCCCCCCCC.[Ni+2]. The quantitative estimate of drug-likeness (QED) is 0.0120. The summed E-state index contributed by atoms with van der Waals surface area (Å²) in [6.07, 6.45) is 92.1. The first-order chi connectivity index (χ1) is 45.5. The topological polar surface area (TPSA) is 36.4 Å². The molecule has 0 N–H and O–H groups in total. The average molecular weight is 1330 g/mol. The molecule has 542 valence electrons. The Morgan fingerprint density at radius 2 is 0.516 bits per heavy atom. The number of hydrogen-bond donors (Lipinski definition) is 0. The summed E-state index contributed by atoms with van der Waals surface area (Å²) in [6.45, 7) is 21.3. The molecule has 0 atom stereocenters. The van der Waals surface area contributed by atoms with Crippen molar-refractivity contribution in [2.75, 3.05) is 0 Å². The van der Waals surface area contributed by atoms with Crippen LogP contribution in [0, 0.1) is 13.8 Å². The molecule has 3 heteroatoms. The van der Waals surface area contributed by atoms with E-state index in [4.69, 9.17) is 0 Å². The third-order valence-corrected chi connectivity index (χ3v) is 19.8. The minimum Gasteiger partial charge on any atom is -0.348 e. The molecular formula is C90H162N2Ni. The molecule has 0 spiro atoms. The van der Waals surface area contributed by atoms with Gasteiger partial charge in [0.15, 0.2) is 0 Å². The molecule has 2 aromatic rings. The Morgan fingerprint density at radius 1 is 0.290 bits per heavy atom. The maximum Gasteiger partial charge on any atom is 2.00 e. The third-order valence-electron chi connectivity index (χ3n) is 19.8. The van der Waals surface area contributed by atoms with Crippen molar-refractivity contribution >= 4 is 11.4 Å². The molecule has 0 bridgehead atoms. The van der Waals surface area contributed by atoms with Crippen LogP contribution in [-0.4, -0.2) is 10.7 Å². The molecule has 0 aromatic heterocycles. The van der Waals surface area contributed by atoms with E-state index in [2.05, 4.69) is 115 Å². The van der Waals surface area contributed by atoms with Crippen molar-refractivity contribution < 1.29 is 21.3 Å². The standard InChI is InChI=1S/C32H44N2.2C29H59.Ni/c1-5-9-12-13-14-27-19-23-29(24-20-27)32(28-21-17-26(8-4)18-22-28)31(16-11-7-3)30(25-34-33)15-10-6-2;2*1-3-5-7-9-11-13-15-17-19-21-23-25-27-29-28-26-24-22-20-18-16-14-12-10-8-6-4-2;/h17-24H,5-16H2,1-4H3;2*1,3-29H2,2H3;/q;2*-1;+2. The summed E-state index contributed by atoms with van der Waals surface area (Å²) in [5.74, 6) is 2.96. The smallest absolute Gasteiger partial charge is 0.348 e. The summed E-state index contributed by atoms with van der Waals surface area (Å²) < 4.78 is 0. The number of hydrogen-bond acceptors (Lipinski definition) is 0. The van der Waals surface area contributed by atoms with E-state index in [1.165, 1.54) is 393 Å². The van der Waals surface area contributed by atoms with Gasteiger partial charge in [-0.05, 0) is 78.3 Å². The van der Waals surface area contributed by atoms with E-state index in [1.807, 2.05) is 0 Å². The zero-order chi connectivity index (χ0) is 66.8. The monoisotopic (exact) mass is 1330 g/mol. The minimum absolute atomic E-state index is 0. The number of benzene rings is 2. The fourth-order valence-electron chi connectivity index (χ4n) is 13.5. The summed E-state index contributed by atoms with van der Waals surface area (Å²) in [5.41, 5.74) is 18.2. The number of unbranched alkanes of at least 4 members (excludes halogenated alkanes) is 57. The van der Waals surface area contributed by atoms with Gasteiger partial charge in [-0.1, -0.05) is 456 Å². The summed E-state index contributed by atoms with van der Waals surface area (Å²) in [5, 5.41) is 0. The molecule has 0 aliphatic carbocycles. The Kier molecular flexibility index (Phi) is 78.7. The summed E-state index contributed by atoms with van der Waals surface area (Å²) >= 11 is 0. The van der Waals surface area contributed by atoms with E-state index < -0.39 is 0 Å². The van der Waals surface area contributed by atoms with Crippen molar-refractivity contribution in [3.8, 4) is 0 Å². The van der Waals surface area contributed by atoms with Crippen LogP contribution >= 0.6 is 0 Å². The van der Waals surface area contributed by atoms with Crippen molar-refractivity contribution in [3.63, 3.8) is 0 Å². The number of nitrogens with zero attached hydrogens (tertiary/aromatic N) is 2. The van der Waals surface area contributed by atoms with Crippen molar-refractivity contribution in [1.29, 1.82) is 0 Å². The molecule has 0 aliphatic heterocycles. The number of aryl methyl sites for hydroxylation is 2. The molecule has 93 heavy (non-hydrogen) atoms. The normalized spacial score (nSPS) is 11.3. The van der Waals surface area contributed by atoms with Gasteiger partial charge in [0.2, 0.25) is 0 Å². The summed E-state index contributed by atoms with van der Waals surface area (Å²) in [4.78, 5) is 3.36. The molecule has 2 nitrogen and oxygen atoms in total. The van der Waals surface area contributed by atoms with E-state index >= 15 is 0 Å². The Balaban J connectivity index is 0. The summed E-state index contributed by atoms with van der Waals surface area (Å²) in [7, 11) is 0. The second-order valence-corrected chi connectivity index (χ2v) is 28.7. The van der Waals surface area contributed by atoms with Crippen LogP contribution in [0.1, 0.15) is 475 Å². The Labute approximate surface area is 595 Å². The van der Waals surface area contributed by atoms with E-state index in [0.717, 1.165) is 69.8 Å². The van der Waals surface area contributed by atoms with Crippen LogP contribution in [0.2, 0.25) is 0 Å². The van der Waals surface area contributed by atoms with Crippen LogP contribution in [-0.2, 0) is 29.3 Å². The maximum absolute atomic E-state index is 9.43. The zero-order valence-electron chi connectivity index (χ0n) is 63.9. The molecule has 0 aliphatic rings. The van der Waals surface area contributed by atoms with Gasteiger partial charge in [-0.2, -0.15) is 12.8 Å². The second kappa shape index (κ2) is 78.8. The fraction of sp³-hybridized carbons (Fsp3) is 0.800. The van der Waals surface area contributed by atoms with Crippen molar-refractivity contribution in [1.82, 2.24) is 0 Å². The third kappa shape index (κ3) is 63.1. The van der Waals surface area contributed by atoms with Crippen LogP contribution in [0.15, 0.2) is 59.7 Å². The van der Waals surface area contributed by atoms with E-state index in [1.54, 1.807) is 0 Å². The van der Waals surface area contributed by atoms with Crippen LogP contribution in [0.3, 0.4) is 0 Å². The van der Waals surface area contributed by atoms with E-state index in [0.29, 0.717) is 0 Å². The van der Waals surface area contributed by atoms with Gasteiger partial charge < -0.3 is 19.4 Å². The maximum atomic E-state index is 9.43. The van der Waals surface area contributed by atoms with Crippen LogP contribution in [0.25, 0.3) is 11.1 Å². The number of rotatable bonds is 67. The molecular weight excluding hydrogens is 1170 g/mol. The van der Waals surface area contributed by atoms with Gasteiger partial charge in [0, 0.05) is 0 Å². The predicted octanol–water partition coefficient (Wildman–Crippen LogP) is 32.1. The van der Waals surface area contributed by atoms with Gasteiger partial charge in [0.25, 0.3) is 0 Å². The van der Waals surface area contributed by atoms with E-state index in [-0.39, 0.29) is 16.5 Å². The van der Waals surface area contributed by atoms with E-state index in [9.17, 15) is 5.53 Å². The Bertz CT molecular complexity index is 1760. The van der Waals surface area contributed by atoms with Gasteiger partial charge in [-0.15, -0.1) is 4.79 Å². The average Bonchev–Trinajstić information content (AvgIpc) is 0.853. The predicted molar refractivity (Wildman–Crippen MR) is 419 cm³/mol. The van der Waals surface area contributed by atoms with Crippen LogP contribution in [0.4, 0.5) is 0 Å². The number of allylic oxidation sites excluding steroid dienone is 2. The first-order valence-electron chi connectivity index (χ1n) is 42.0. The van der Waals surface area contributed by atoms with Crippen LogP contribution in [0.5, 0.6) is 0 Å². The van der Waals surface area contributed by atoms with Crippen molar-refractivity contribution in [2.24, 2.45) is 0 Å². The van der Waals surface area contributed by atoms with Gasteiger partial charge in [-0.3, -0.25) is 0 Å². The molecule has 0 radical (unpaired) electrons. The van der Waals surface area contributed by atoms with Crippen molar-refractivity contribution in [2.45, 2.75) is 465 Å². The van der Waals surface area contributed by atoms with Gasteiger partial charge in [-0.25, -0.2) is 0 Å². The Morgan fingerprint density at radius 3 is 0.753 bits per heavy atom. The molecule has 0 saturated carbocycles. The largest absolute Gasteiger partial charge is 2.00 e. The molecule has 0 amide bonds. The molecule has 0 saturated heterocycles. The molecule has 0 heterocycles. The molecule has 0 unspecified atom stereocenters. The van der Waals surface area contributed by atoms with Gasteiger partial charge in [0.05, 0.1) is 5.57 Å². The van der Waals surface area contributed by atoms with Crippen LogP contribution < -0.4 is 0 Å². The Hall–Kier alpha value is -2.17.